The first-order chi connectivity index (χ1) is 15.8. The van der Waals surface area contributed by atoms with Crippen molar-refractivity contribution in [3.05, 3.63) is 53.9 Å². The van der Waals surface area contributed by atoms with Crippen molar-refractivity contribution in [1.29, 1.82) is 0 Å². The van der Waals surface area contributed by atoms with Crippen LogP contribution in [0.3, 0.4) is 0 Å². The minimum Gasteiger partial charge on any atom is -0.491 e. The highest BCUT2D eigenvalue weighted by Gasteiger charge is 2.28. The number of amides is 2. The minimum absolute atomic E-state index is 0.0836. The van der Waals surface area contributed by atoms with Crippen molar-refractivity contribution in [1.82, 2.24) is 14.8 Å². The van der Waals surface area contributed by atoms with E-state index in [0.717, 1.165) is 18.7 Å². The third kappa shape index (κ3) is 6.52. The van der Waals surface area contributed by atoms with Crippen LogP contribution in [-0.4, -0.2) is 72.6 Å². The molecule has 3 rings (SSSR count). The Kier molecular flexibility index (Phi) is 8.41. The number of carbonyl (C=O) groups is 2. The number of carbonyl (C=O) groups excluding carboxylic acids is 2. The van der Waals surface area contributed by atoms with Crippen molar-refractivity contribution in [2.24, 2.45) is 5.92 Å². The normalized spacial score (nSPS) is 22.5. The van der Waals surface area contributed by atoms with Gasteiger partial charge < -0.3 is 19.7 Å². The van der Waals surface area contributed by atoms with E-state index in [1.54, 1.807) is 43.5 Å². The highest BCUT2D eigenvalue weighted by Crippen LogP contribution is 2.26. The molecule has 0 spiro atoms. The van der Waals surface area contributed by atoms with E-state index in [2.05, 4.69) is 35.1 Å². The number of ether oxygens (including phenoxy) is 2. The van der Waals surface area contributed by atoms with Crippen molar-refractivity contribution >= 4 is 17.5 Å². The minimum atomic E-state index is -0.197. The van der Waals surface area contributed by atoms with E-state index in [-0.39, 0.29) is 29.9 Å². The van der Waals surface area contributed by atoms with Gasteiger partial charge in [-0.15, -0.1) is 0 Å². The summed E-state index contributed by atoms with van der Waals surface area (Å²) >= 11 is 0. The molecule has 1 aromatic heterocycles. The molecular weight excluding hydrogens is 420 g/mol. The van der Waals surface area contributed by atoms with Gasteiger partial charge in [0.15, 0.2) is 0 Å². The fourth-order valence-electron chi connectivity index (χ4n) is 4.08. The number of fused-ring (bicyclic) bond motifs is 1. The first-order valence-corrected chi connectivity index (χ1v) is 11.2. The van der Waals surface area contributed by atoms with Crippen LogP contribution in [0.5, 0.6) is 5.75 Å². The second kappa shape index (κ2) is 11.2. The summed E-state index contributed by atoms with van der Waals surface area (Å²) in [7, 11) is 3.45. The van der Waals surface area contributed by atoms with Gasteiger partial charge in [-0.1, -0.05) is 13.0 Å². The number of likely N-dealkylation sites (N-methyl/N-ethyl adjacent to an activating group) is 1. The van der Waals surface area contributed by atoms with Gasteiger partial charge in [-0.25, -0.2) is 0 Å². The summed E-state index contributed by atoms with van der Waals surface area (Å²) in [5.74, 6) is 0.301. The van der Waals surface area contributed by atoms with Crippen LogP contribution in [0.25, 0.3) is 0 Å². The zero-order valence-corrected chi connectivity index (χ0v) is 20.1. The Morgan fingerprint density at radius 3 is 2.73 bits per heavy atom. The lowest BCUT2D eigenvalue weighted by atomic mass is 10.0. The molecule has 178 valence electrons. The summed E-state index contributed by atoms with van der Waals surface area (Å²) in [5, 5.41) is 2.74. The number of hydrogen-bond donors (Lipinski definition) is 1. The second-order valence-electron chi connectivity index (χ2n) is 8.78. The quantitative estimate of drug-likeness (QED) is 0.765. The maximum atomic E-state index is 13.3. The summed E-state index contributed by atoms with van der Waals surface area (Å²) in [6, 6.07) is 9.26. The Balaban J connectivity index is 1.94. The van der Waals surface area contributed by atoms with Crippen molar-refractivity contribution < 1.29 is 19.1 Å². The van der Waals surface area contributed by atoms with E-state index in [1.807, 2.05) is 12.3 Å². The number of hydrogen-bond acceptors (Lipinski definition) is 6. The number of nitrogens with one attached hydrogen (secondary N) is 1. The monoisotopic (exact) mass is 454 g/mol. The molecule has 2 amide bonds. The Labute approximate surface area is 195 Å². The average Bonchev–Trinajstić information content (AvgIpc) is 2.80. The first-order valence-electron chi connectivity index (χ1n) is 11.2. The third-order valence-electron chi connectivity index (χ3n) is 6.00. The molecule has 2 aromatic rings. The first kappa shape index (κ1) is 24.7. The Morgan fingerprint density at radius 1 is 1.27 bits per heavy atom. The van der Waals surface area contributed by atoms with Crippen LogP contribution in [-0.2, 0) is 16.1 Å². The molecule has 1 aromatic carbocycles. The molecule has 0 aliphatic carbocycles. The summed E-state index contributed by atoms with van der Waals surface area (Å²) in [6.45, 7) is 8.08. The van der Waals surface area contributed by atoms with Gasteiger partial charge in [-0.3, -0.25) is 19.5 Å². The highest BCUT2D eigenvalue weighted by atomic mass is 16.5. The molecule has 8 nitrogen and oxygen atoms in total. The van der Waals surface area contributed by atoms with Crippen LogP contribution in [0.4, 0.5) is 5.69 Å². The molecule has 33 heavy (non-hydrogen) atoms. The standard InChI is InChI=1S/C25H34N4O4/c1-17-13-29(14-20-7-6-10-26-12-20)18(2)16-33-23-9-8-21(27-19(3)30)11-22(23)25(31)28(4)15-24(17)32-5/h6-12,17-18,24H,13-16H2,1-5H3,(H,27,30)/t17-,18+,24-/m1/s1. The lowest BCUT2D eigenvalue weighted by molar-refractivity contribution is -0.114. The molecule has 2 heterocycles. The largest absolute Gasteiger partial charge is 0.491 e. The van der Waals surface area contributed by atoms with Crippen LogP contribution < -0.4 is 10.1 Å². The van der Waals surface area contributed by atoms with Gasteiger partial charge in [0.2, 0.25) is 5.91 Å². The molecule has 8 heteroatoms. The van der Waals surface area contributed by atoms with Crippen molar-refractivity contribution in [3.8, 4) is 5.75 Å². The van der Waals surface area contributed by atoms with Crippen LogP contribution in [0.15, 0.2) is 42.7 Å². The molecule has 1 aliphatic heterocycles. The van der Waals surface area contributed by atoms with Crippen molar-refractivity contribution in [2.45, 2.75) is 39.5 Å². The molecule has 1 aliphatic rings. The molecule has 3 atom stereocenters. The van der Waals surface area contributed by atoms with Crippen molar-refractivity contribution in [2.75, 3.05) is 39.2 Å². The number of methoxy groups -OCH3 is 1. The Morgan fingerprint density at radius 2 is 2.06 bits per heavy atom. The number of aromatic nitrogens is 1. The van der Waals surface area contributed by atoms with Gasteiger partial charge in [0, 0.05) is 64.8 Å². The van der Waals surface area contributed by atoms with Gasteiger partial charge in [-0.05, 0) is 42.7 Å². The van der Waals surface area contributed by atoms with Crippen LogP contribution in [0, 0.1) is 5.92 Å². The van der Waals surface area contributed by atoms with Crippen molar-refractivity contribution in [3.63, 3.8) is 0 Å². The lowest BCUT2D eigenvalue weighted by Crippen LogP contribution is -2.46. The Bertz CT molecular complexity index is 953. The molecule has 0 saturated carbocycles. The lowest BCUT2D eigenvalue weighted by Gasteiger charge is -2.36. The molecule has 0 radical (unpaired) electrons. The third-order valence-corrected chi connectivity index (χ3v) is 6.00. The van der Waals surface area contributed by atoms with E-state index in [1.165, 1.54) is 6.92 Å². The fourth-order valence-corrected chi connectivity index (χ4v) is 4.08. The number of rotatable bonds is 4. The molecule has 0 saturated heterocycles. The SMILES string of the molecule is CO[C@@H]1CN(C)C(=O)c2cc(NC(C)=O)ccc2OC[C@H](C)N(Cc2cccnc2)C[C@H]1C. The summed E-state index contributed by atoms with van der Waals surface area (Å²) in [5.41, 5.74) is 2.10. The average molecular weight is 455 g/mol. The number of pyridine rings is 1. The van der Waals surface area contributed by atoms with E-state index in [4.69, 9.17) is 9.47 Å². The Hall–Kier alpha value is -2.97. The fraction of sp³-hybridized carbons (Fsp3) is 0.480. The maximum Gasteiger partial charge on any atom is 0.257 e. The summed E-state index contributed by atoms with van der Waals surface area (Å²) < 4.78 is 12.0. The maximum absolute atomic E-state index is 13.3. The smallest absolute Gasteiger partial charge is 0.257 e. The molecule has 1 N–H and O–H groups in total. The van der Waals surface area contributed by atoms with E-state index in [0.29, 0.717) is 30.2 Å². The highest BCUT2D eigenvalue weighted by molar-refractivity contribution is 5.99. The molecule has 0 bridgehead atoms. The topological polar surface area (TPSA) is 84.0 Å². The number of nitrogens with zero attached hydrogens (tertiary/aromatic N) is 3. The van der Waals surface area contributed by atoms with E-state index < -0.39 is 0 Å². The summed E-state index contributed by atoms with van der Waals surface area (Å²) in [6.07, 6.45) is 3.52. The van der Waals surface area contributed by atoms with Gasteiger partial charge in [0.25, 0.3) is 5.91 Å². The van der Waals surface area contributed by atoms with Gasteiger partial charge in [-0.2, -0.15) is 0 Å². The molecule has 0 fully saturated rings. The predicted molar refractivity (Wildman–Crippen MR) is 127 cm³/mol. The zero-order chi connectivity index (χ0) is 24.0. The number of anilines is 1. The van der Waals surface area contributed by atoms with Crippen LogP contribution >= 0.6 is 0 Å². The van der Waals surface area contributed by atoms with Gasteiger partial charge in [0.05, 0.1) is 11.7 Å². The predicted octanol–water partition coefficient (Wildman–Crippen LogP) is 3.05. The van der Waals surface area contributed by atoms with E-state index in [9.17, 15) is 9.59 Å². The molecular formula is C25H34N4O4. The molecule has 0 unspecified atom stereocenters. The van der Waals surface area contributed by atoms with E-state index >= 15 is 0 Å². The van der Waals surface area contributed by atoms with Gasteiger partial charge >= 0.3 is 0 Å². The number of benzene rings is 1. The second-order valence-corrected chi connectivity index (χ2v) is 8.78. The van der Waals surface area contributed by atoms with Crippen LogP contribution in [0.2, 0.25) is 0 Å². The summed E-state index contributed by atoms with van der Waals surface area (Å²) in [4.78, 5) is 33.1. The zero-order valence-electron chi connectivity index (χ0n) is 20.1. The van der Waals surface area contributed by atoms with Crippen LogP contribution in [0.1, 0.15) is 36.7 Å². The van der Waals surface area contributed by atoms with Gasteiger partial charge in [0.1, 0.15) is 12.4 Å².